The standard InChI is InChI=1S/C12H20N4O3/c1-4-5-12(2,17)8-14-11-7-9(16(18)19)6-10(13-3)15-11/h6-7,17H,4-5,8H2,1-3H3,(H2,13,14,15). The smallest absolute Gasteiger partial charge is 0.276 e. The fourth-order valence-electron chi connectivity index (χ4n) is 1.75. The molecule has 0 spiro atoms. The van der Waals surface area contributed by atoms with Gasteiger partial charge in [0, 0.05) is 13.6 Å². The van der Waals surface area contributed by atoms with Crippen molar-refractivity contribution in [1.82, 2.24) is 4.98 Å². The zero-order valence-electron chi connectivity index (χ0n) is 11.4. The molecule has 7 nitrogen and oxygen atoms in total. The molecule has 0 aromatic carbocycles. The van der Waals surface area contributed by atoms with E-state index in [1.165, 1.54) is 12.1 Å². The Morgan fingerprint density at radius 2 is 2.11 bits per heavy atom. The van der Waals surface area contributed by atoms with Crippen LogP contribution in [0, 0.1) is 10.1 Å². The fraction of sp³-hybridized carbons (Fsp3) is 0.583. The first kappa shape index (κ1) is 15.2. The molecule has 0 saturated carbocycles. The molecule has 0 aliphatic rings. The minimum atomic E-state index is -0.860. The number of anilines is 2. The Balaban J connectivity index is 2.83. The van der Waals surface area contributed by atoms with E-state index in [0.29, 0.717) is 18.1 Å². The molecule has 1 aromatic rings. The number of aromatic nitrogens is 1. The van der Waals surface area contributed by atoms with E-state index in [9.17, 15) is 15.2 Å². The lowest BCUT2D eigenvalue weighted by Crippen LogP contribution is -2.33. The lowest BCUT2D eigenvalue weighted by Gasteiger charge is -2.23. The summed E-state index contributed by atoms with van der Waals surface area (Å²) >= 11 is 0. The van der Waals surface area contributed by atoms with Crippen LogP contribution in [0.3, 0.4) is 0 Å². The van der Waals surface area contributed by atoms with Crippen LogP contribution < -0.4 is 10.6 Å². The van der Waals surface area contributed by atoms with Gasteiger partial charge in [0.15, 0.2) is 0 Å². The first-order valence-corrected chi connectivity index (χ1v) is 6.18. The molecule has 1 rings (SSSR count). The maximum absolute atomic E-state index is 10.8. The summed E-state index contributed by atoms with van der Waals surface area (Å²) in [6.07, 6.45) is 1.51. The maximum atomic E-state index is 10.8. The SMILES string of the molecule is CCCC(C)(O)CNc1cc([N+](=O)[O-])cc(NC)n1. The predicted octanol–water partition coefficient (Wildman–Crippen LogP) is 1.99. The van der Waals surface area contributed by atoms with E-state index >= 15 is 0 Å². The molecule has 0 amide bonds. The zero-order valence-corrected chi connectivity index (χ0v) is 11.4. The first-order chi connectivity index (χ1) is 8.88. The average Bonchev–Trinajstić information content (AvgIpc) is 2.36. The van der Waals surface area contributed by atoms with E-state index in [-0.39, 0.29) is 12.2 Å². The van der Waals surface area contributed by atoms with Gasteiger partial charge in [0.25, 0.3) is 5.69 Å². The molecule has 0 aliphatic heterocycles. The van der Waals surface area contributed by atoms with Crippen molar-refractivity contribution in [3.63, 3.8) is 0 Å². The van der Waals surface area contributed by atoms with Crippen LogP contribution in [-0.2, 0) is 0 Å². The number of pyridine rings is 1. The summed E-state index contributed by atoms with van der Waals surface area (Å²) in [5, 5.41) is 26.5. The summed E-state index contributed by atoms with van der Waals surface area (Å²) in [7, 11) is 1.64. The van der Waals surface area contributed by atoms with Gasteiger partial charge in [0.1, 0.15) is 11.6 Å². The molecule has 0 saturated heterocycles. The van der Waals surface area contributed by atoms with Crippen LogP contribution in [0.2, 0.25) is 0 Å². The lowest BCUT2D eigenvalue weighted by molar-refractivity contribution is -0.384. The van der Waals surface area contributed by atoms with Gasteiger partial charge in [-0.25, -0.2) is 4.98 Å². The van der Waals surface area contributed by atoms with Crippen LogP contribution in [-0.4, -0.2) is 34.2 Å². The Morgan fingerprint density at radius 1 is 1.47 bits per heavy atom. The van der Waals surface area contributed by atoms with Gasteiger partial charge >= 0.3 is 0 Å². The predicted molar refractivity (Wildman–Crippen MR) is 74.5 cm³/mol. The third-order valence-corrected chi connectivity index (χ3v) is 2.72. The number of hydrogen-bond acceptors (Lipinski definition) is 6. The van der Waals surface area contributed by atoms with Gasteiger partial charge in [-0.1, -0.05) is 13.3 Å². The number of hydrogen-bond donors (Lipinski definition) is 3. The Labute approximate surface area is 112 Å². The van der Waals surface area contributed by atoms with E-state index in [0.717, 1.165) is 6.42 Å². The minimum absolute atomic E-state index is 0.0445. The van der Waals surface area contributed by atoms with E-state index in [2.05, 4.69) is 15.6 Å². The Kier molecular flexibility index (Phi) is 5.05. The van der Waals surface area contributed by atoms with Crippen molar-refractivity contribution in [3.8, 4) is 0 Å². The largest absolute Gasteiger partial charge is 0.388 e. The molecule has 106 valence electrons. The number of aliphatic hydroxyl groups is 1. The quantitative estimate of drug-likeness (QED) is 0.516. The molecule has 3 N–H and O–H groups in total. The summed E-state index contributed by atoms with van der Waals surface area (Å²) in [6, 6.07) is 2.71. The number of rotatable bonds is 7. The van der Waals surface area contributed by atoms with Crippen molar-refractivity contribution >= 4 is 17.3 Å². The van der Waals surface area contributed by atoms with E-state index in [1.54, 1.807) is 14.0 Å². The van der Waals surface area contributed by atoms with Crippen molar-refractivity contribution in [2.45, 2.75) is 32.3 Å². The molecule has 1 aromatic heterocycles. The fourth-order valence-corrected chi connectivity index (χ4v) is 1.75. The molecule has 0 fully saturated rings. The molecule has 1 atom stereocenters. The molecule has 0 bridgehead atoms. The number of nitrogens with one attached hydrogen (secondary N) is 2. The molecule has 1 heterocycles. The van der Waals surface area contributed by atoms with E-state index in [1.807, 2.05) is 6.92 Å². The average molecular weight is 268 g/mol. The van der Waals surface area contributed by atoms with Gasteiger partial charge in [0.2, 0.25) is 0 Å². The van der Waals surface area contributed by atoms with Crippen molar-refractivity contribution in [2.75, 3.05) is 24.2 Å². The summed E-state index contributed by atoms with van der Waals surface area (Å²) in [5.41, 5.74) is -0.905. The highest BCUT2D eigenvalue weighted by Gasteiger charge is 2.19. The van der Waals surface area contributed by atoms with Gasteiger partial charge in [0.05, 0.1) is 22.7 Å². The molecule has 7 heteroatoms. The topological polar surface area (TPSA) is 100 Å². The molecule has 0 radical (unpaired) electrons. The van der Waals surface area contributed by atoms with Gasteiger partial charge in [-0.3, -0.25) is 10.1 Å². The first-order valence-electron chi connectivity index (χ1n) is 6.18. The second kappa shape index (κ2) is 6.33. The van der Waals surface area contributed by atoms with Gasteiger partial charge < -0.3 is 15.7 Å². The van der Waals surface area contributed by atoms with Crippen LogP contribution in [0.15, 0.2) is 12.1 Å². The number of nitro groups is 1. The molecular weight excluding hydrogens is 248 g/mol. The zero-order chi connectivity index (χ0) is 14.5. The Hall–Kier alpha value is -1.89. The van der Waals surface area contributed by atoms with Crippen LogP contribution in [0.25, 0.3) is 0 Å². The third-order valence-electron chi connectivity index (χ3n) is 2.72. The summed E-state index contributed by atoms with van der Waals surface area (Å²) in [4.78, 5) is 14.5. The normalized spacial score (nSPS) is 13.7. The highest BCUT2D eigenvalue weighted by molar-refractivity contribution is 5.54. The maximum Gasteiger partial charge on any atom is 0.276 e. The van der Waals surface area contributed by atoms with E-state index < -0.39 is 10.5 Å². The summed E-state index contributed by atoms with van der Waals surface area (Å²) < 4.78 is 0. The second-order valence-electron chi connectivity index (χ2n) is 4.70. The van der Waals surface area contributed by atoms with Gasteiger partial charge in [-0.15, -0.1) is 0 Å². The van der Waals surface area contributed by atoms with Crippen molar-refractivity contribution in [3.05, 3.63) is 22.2 Å². The van der Waals surface area contributed by atoms with Crippen molar-refractivity contribution in [2.24, 2.45) is 0 Å². The van der Waals surface area contributed by atoms with Crippen molar-refractivity contribution < 1.29 is 10.0 Å². The molecule has 1 unspecified atom stereocenters. The van der Waals surface area contributed by atoms with Gasteiger partial charge in [-0.2, -0.15) is 0 Å². The Morgan fingerprint density at radius 3 is 2.63 bits per heavy atom. The monoisotopic (exact) mass is 268 g/mol. The summed E-state index contributed by atoms with van der Waals surface area (Å²) in [5.74, 6) is 0.779. The van der Waals surface area contributed by atoms with Crippen LogP contribution in [0.5, 0.6) is 0 Å². The molecular formula is C12H20N4O3. The highest BCUT2D eigenvalue weighted by Crippen LogP contribution is 2.21. The lowest BCUT2D eigenvalue weighted by atomic mass is 10.0. The third kappa shape index (κ3) is 4.70. The van der Waals surface area contributed by atoms with Crippen LogP contribution >= 0.6 is 0 Å². The second-order valence-corrected chi connectivity index (χ2v) is 4.70. The molecule has 0 aliphatic carbocycles. The molecule has 19 heavy (non-hydrogen) atoms. The van der Waals surface area contributed by atoms with E-state index in [4.69, 9.17) is 0 Å². The minimum Gasteiger partial charge on any atom is -0.388 e. The Bertz CT molecular complexity index is 449. The van der Waals surface area contributed by atoms with Crippen molar-refractivity contribution in [1.29, 1.82) is 0 Å². The van der Waals surface area contributed by atoms with Gasteiger partial charge in [-0.05, 0) is 13.3 Å². The number of nitrogens with zero attached hydrogens (tertiary/aromatic N) is 2. The van der Waals surface area contributed by atoms with Crippen LogP contribution in [0.4, 0.5) is 17.3 Å². The highest BCUT2D eigenvalue weighted by atomic mass is 16.6. The van der Waals surface area contributed by atoms with Crippen LogP contribution in [0.1, 0.15) is 26.7 Å². The summed E-state index contributed by atoms with van der Waals surface area (Å²) in [6.45, 7) is 4.00.